The van der Waals surface area contributed by atoms with E-state index in [1.807, 2.05) is 6.07 Å². The van der Waals surface area contributed by atoms with Gasteiger partial charge >= 0.3 is 0 Å². The minimum Gasteiger partial charge on any atom is -0.454 e. The Morgan fingerprint density at radius 1 is 1.10 bits per heavy atom. The molecule has 0 N–H and O–H groups in total. The van der Waals surface area contributed by atoms with Crippen LogP contribution in [-0.2, 0) is 0 Å². The maximum absolute atomic E-state index is 9.38. The standard InChI is InChI=1S/C16H9Cl2NO2/c17-13-3-1-11(14(18)7-13)5-12(8-19)10-2-4-15-16(6-10)21-9-20-15/h1-7H,9H2/b12-5+. The lowest BCUT2D eigenvalue weighted by molar-refractivity contribution is 0.174. The van der Waals surface area contributed by atoms with Gasteiger partial charge in [0.2, 0.25) is 6.79 Å². The molecule has 104 valence electrons. The number of fused-ring (bicyclic) bond motifs is 1. The third-order valence-corrected chi connectivity index (χ3v) is 3.63. The van der Waals surface area contributed by atoms with Crippen LogP contribution in [-0.4, -0.2) is 6.79 Å². The van der Waals surface area contributed by atoms with Crippen molar-refractivity contribution < 1.29 is 9.47 Å². The van der Waals surface area contributed by atoms with Gasteiger partial charge in [0.25, 0.3) is 0 Å². The Bertz CT molecular complexity index is 778. The number of allylic oxidation sites excluding steroid dienone is 1. The van der Waals surface area contributed by atoms with Crippen molar-refractivity contribution in [2.45, 2.75) is 0 Å². The molecule has 0 saturated heterocycles. The fraction of sp³-hybridized carbons (Fsp3) is 0.0625. The molecule has 2 aromatic rings. The Morgan fingerprint density at radius 3 is 2.67 bits per heavy atom. The summed E-state index contributed by atoms with van der Waals surface area (Å²) in [6, 6.07) is 12.7. The minimum atomic E-state index is 0.202. The molecule has 0 unspecified atom stereocenters. The lowest BCUT2D eigenvalue weighted by atomic mass is 10.0. The van der Waals surface area contributed by atoms with Crippen molar-refractivity contribution in [3.8, 4) is 17.6 Å². The summed E-state index contributed by atoms with van der Waals surface area (Å²) in [6.45, 7) is 0.202. The van der Waals surface area contributed by atoms with Gasteiger partial charge in [-0.3, -0.25) is 0 Å². The lowest BCUT2D eigenvalue weighted by Crippen LogP contribution is -1.92. The van der Waals surface area contributed by atoms with E-state index in [4.69, 9.17) is 32.7 Å². The minimum absolute atomic E-state index is 0.202. The van der Waals surface area contributed by atoms with E-state index in [1.54, 1.807) is 36.4 Å². The summed E-state index contributed by atoms with van der Waals surface area (Å²) in [6.07, 6.45) is 1.72. The number of hydrogen-bond acceptors (Lipinski definition) is 3. The molecule has 5 heteroatoms. The van der Waals surface area contributed by atoms with Crippen LogP contribution in [0.4, 0.5) is 0 Å². The molecular weight excluding hydrogens is 309 g/mol. The molecule has 0 aliphatic carbocycles. The third kappa shape index (κ3) is 2.82. The zero-order chi connectivity index (χ0) is 14.8. The zero-order valence-electron chi connectivity index (χ0n) is 10.8. The fourth-order valence-corrected chi connectivity index (χ4v) is 2.48. The molecule has 1 aliphatic rings. The van der Waals surface area contributed by atoms with Crippen molar-refractivity contribution in [3.63, 3.8) is 0 Å². The predicted octanol–water partition coefficient (Wildman–Crippen LogP) is 4.79. The molecule has 1 heterocycles. The van der Waals surface area contributed by atoms with Gasteiger partial charge in [-0.05, 0) is 47.5 Å². The first-order valence-electron chi connectivity index (χ1n) is 6.14. The lowest BCUT2D eigenvalue weighted by Gasteiger charge is -2.03. The van der Waals surface area contributed by atoms with E-state index in [2.05, 4.69) is 6.07 Å². The number of benzene rings is 2. The van der Waals surface area contributed by atoms with Gasteiger partial charge in [0.15, 0.2) is 11.5 Å². The van der Waals surface area contributed by atoms with E-state index in [0.29, 0.717) is 27.1 Å². The van der Waals surface area contributed by atoms with Crippen LogP contribution < -0.4 is 9.47 Å². The maximum Gasteiger partial charge on any atom is 0.231 e. The quantitative estimate of drug-likeness (QED) is 0.591. The van der Waals surface area contributed by atoms with Gasteiger partial charge in [-0.25, -0.2) is 0 Å². The Hall–Kier alpha value is -2.15. The highest BCUT2D eigenvalue weighted by atomic mass is 35.5. The Kier molecular flexibility index (Phi) is 3.74. The van der Waals surface area contributed by atoms with Crippen molar-refractivity contribution in [1.82, 2.24) is 0 Å². The highest BCUT2D eigenvalue weighted by Crippen LogP contribution is 2.35. The van der Waals surface area contributed by atoms with Gasteiger partial charge in [-0.2, -0.15) is 5.26 Å². The highest BCUT2D eigenvalue weighted by Gasteiger charge is 2.14. The maximum atomic E-state index is 9.38. The van der Waals surface area contributed by atoms with E-state index >= 15 is 0 Å². The molecule has 2 aromatic carbocycles. The van der Waals surface area contributed by atoms with Crippen LogP contribution in [0.1, 0.15) is 11.1 Å². The zero-order valence-corrected chi connectivity index (χ0v) is 12.3. The summed E-state index contributed by atoms with van der Waals surface area (Å²) in [5.41, 5.74) is 1.96. The van der Waals surface area contributed by atoms with Crippen LogP contribution >= 0.6 is 23.2 Å². The predicted molar refractivity (Wildman–Crippen MR) is 82.5 cm³/mol. The molecule has 21 heavy (non-hydrogen) atoms. The van der Waals surface area contributed by atoms with E-state index < -0.39 is 0 Å². The SMILES string of the molecule is N#C/C(=C\c1ccc(Cl)cc1Cl)c1ccc2c(c1)OCO2. The Morgan fingerprint density at radius 2 is 1.90 bits per heavy atom. The van der Waals surface area contributed by atoms with Crippen LogP contribution in [0.3, 0.4) is 0 Å². The van der Waals surface area contributed by atoms with Gasteiger partial charge < -0.3 is 9.47 Å². The van der Waals surface area contributed by atoms with Gasteiger partial charge in [-0.15, -0.1) is 0 Å². The fourth-order valence-electron chi connectivity index (χ4n) is 2.02. The van der Waals surface area contributed by atoms with Gasteiger partial charge in [0, 0.05) is 10.0 Å². The van der Waals surface area contributed by atoms with E-state index in [9.17, 15) is 5.26 Å². The number of halogens is 2. The smallest absolute Gasteiger partial charge is 0.231 e. The van der Waals surface area contributed by atoms with E-state index in [-0.39, 0.29) is 6.79 Å². The largest absolute Gasteiger partial charge is 0.454 e. The number of hydrogen-bond donors (Lipinski definition) is 0. The van der Waals surface area contributed by atoms with Crippen LogP contribution in [0, 0.1) is 11.3 Å². The summed E-state index contributed by atoms with van der Waals surface area (Å²) in [4.78, 5) is 0. The van der Waals surface area contributed by atoms with Crippen LogP contribution in [0.5, 0.6) is 11.5 Å². The first kappa shape index (κ1) is 13.8. The number of rotatable bonds is 2. The van der Waals surface area contributed by atoms with Crippen molar-refractivity contribution in [1.29, 1.82) is 5.26 Å². The van der Waals surface area contributed by atoms with E-state index in [0.717, 1.165) is 11.1 Å². The molecule has 3 rings (SSSR count). The van der Waals surface area contributed by atoms with Gasteiger partial charge in [-0.1, -0.05) is 29.3 Å². The number of nitriles is 1. The van der Waals surface area contributed by atoms with E-state index in [1.165, 1.54) is 0 Å². The van der Waals surface area contributed by atoms with Crippen molar-refractivity contribution in [3.05, 3.63) is 57.6 Å². The molecule has 0 atom stereocenters. The molecule has 3 nitrogen and oxygen atoms in total. The van der Waals surface area contributed by atoms with Crippen molar-refractivity contribution in [2.75, 3.05) is 6.79 Å². The van der Waals surface area contributed by atoms with Crippen LogP contribution in [0.25, 0.3) is 11.6 Å². The molecule has 0 spiro atoms. The number of ether oxygens (including phenoxy) is 2. The second kappa shape index (κ2) is 5.69. The first-order valence-corrected chi connectivity index (χ1v) is 6.90. The summed E-state index contributed by atoms with van der Waals surface area (Å²) in [5, 5.41) is 10.4. The van der Waals surface area contributed by atoms with Crippen LogP contribution in [0.2, 0.25) is 10.0 Å². The topological polar surface area (TPSA) is 42.2 Å². The number of nitrogens with zero attached hydrogens (tertiary/aromatic N) is 1. The third-order valence-electron chi connectivity index (χ3n) is 3.07. The molecule has 0 aromatic heterocycles. The molecule has 0 fully saturated rings. The molecule has 1 aliphatic heterocycles. The molecule has 0 amide bonds. The van der Waals surface area contributed by atoms with Crippen molar-refractivity contribution >= 4 is 34.9 Å². The summed E-state index contributed by atoms with van der Waals surface area (Å²) >= 11 is 12.0. The van der Waals surface area contributed by atoms with Crippen molar-refractivity contribution in [2.24, 2.45) is 0 Å². The van der Waals surface area contributed by atoms with Gasteiger partial charge in [0.1, 0.15) is 0 Å². The summed E-state index contributed by atoms with van der Waals surface area (Å²) in [5.74, 6) is 1.32. The average Bonchev–Trinajstić information content (AvgIpc) is 2.94. The first-order chi connectivity index (χ1) is 10.2. The summed E-state index contributed by atoms with van der Waals surface area (Å²) in [7, 11) is 0. The highest BCUT2D eigenvalue weighted by molar-refractivity contribution is 6.35. The molecular formula is C16H9Cl2NO2. The molecule has 0 saturated carbocycles. The Balaban J connectivity index is 2.02. The second-order valence-corrected chi connectivity index (χ2v) is 5.25. The summed E-state index contributed by atoms with van der Waals surface area (Å²) < 4.78 is 10.6. The monoisotopic (exact) mass is 317 g/mol. The van der Waals surface area contributed by atoms with Crippen LogP contribution in [0.15, 0.2) is 36.4 Å². The molecule has 0 bridgehead atoms. The Labute approximate surface area is 131 Å². The average molecular weight is 318 g/mol. The normalized spacial score (nSPS) is 13.1. The van der Waals surface area contributed by atoms with Gasteiger partial charge in [0.05, 0.1) is 11.6 Å². The molecule has 0 radical (unpaired) electrons. The second-order valence-electron chi connectivity index (χ2n) is 4.40.